The first-order valence-electron chi connectivity index (χ1n) is 5.88. The van der Waals surface area contributed by atoms with Crippen LogP contribution in [0.4, 0.5) is 0 Å². The van der Waals surface area contributed by atoms with Gasteiger partial charge in [-0.25, -0.2) is 0 Å². The minimum Gasteiger partial charge on any atom is -0.192 e. The molecule has 0 aliphatic heterocycles. The van der Waals surface area contributed by atoms with E-state index < -0.39 is 0 Å². The summed E-state index contributed by atoms with van der Waals surface area (Å²) in [6, 6.07) is 18.4. The summed E-state index contributed by atoms with van der Waals surface area (Å²) >= 11 is 0. The van der Waals surface area contributed by atoms with Gasteiger partial charge in [0, 0.05) is 11.5 Å². The van der Waals surface area contributed by atoms with Crippen molar-refractivity contribution >= 4 is 27.5 Å². The summed E-state index contributed by atoms with van der Waals surface area (Å²) in [5.41, 5.74) is 2.89. The van der Waals surface area contributed by atoms with Gasteiger partial charge in [0.25, 0.3) is 0 Å². The zero-order valence-electron chi connectivity index (χ0n) is 9.62. The van der Waals surface area contributed by atoms with Gasteiger partial charge in [-0.2, -0.15) is 4.40 Å². The number of nitrogens with zero attached hydrogens (tertiary/aromatic N) is 3. The van der Waals surface area contributed by atoms with E-state index >= 15 is 0 Å². The number of fused-ring (bicyclic) bond motifs is 5. The number of hydrogen-bond acceptors (Lipinski definition) is 2. The Balaban J connectivity index is 2.31. The summed E-state index contributed by atoms with van der Waals surface area (Å²) in [6.07, 6.45) is 2.02. The molecule has 3 heteroatoms. The van der Waals surface area contributed by atoms with Crippen LogP contribution in [-0.4, -0.2) is 10.2 Å². The van der Waals surface area contributed by atoms with Gasteiger partial charge in [0.05, 0.1) is 11.3 Å². The fraction of sp³-hybridized carbons (Fsp3) is 0. The molecule has 0 saturated carbocycles. The molecular formula is C15H10N3+. The van der Waals surface area contributed by atoms with Crippen molar-refractivity contribution in [1.82, 2.24) is 10.2 Å². The van der Waals surface area contributed by atoms with Gasteiger partial charge in [-0.15, -0.1) is 0 Å². The number of hydrogen-bond donors (Lipinski definition) is 0. The van der Waals surface area contributed by atoms with E-state index in [1.807, 2.05) is 36.5 Å². The predicted molar refractivity (Wildman–Crippen MR) is 70.2 cm³/mol. The predicted octanol–water partition coefficient (Wildman–Crippen LogP) is 2.52. The summed E-state index contributed by atoms with van der Waals surface area (Å²) < 4.78 is 2.06. The average molecular weight is 232 g/mol. The molecule has 0 fully saturated rings. The minimum atomic E-state index is 0.861. The molecule has 0 atom stereocenters. The van der Waals surface area contributed by atoms with Crippen molar-refractivity contribution in [3.63, 3.8) is 0 Å². The average Bonchev–Trinajstić information content (AvgIpc) is 2.46. The summed E-state index contributed by atoms with van der Waals surface area (Å²) in [5, 5.41) is 11.0. The number of pyridine rings is 1. The zero-order chi connectivity index (χ0) is 11.9. The first-order chi connectivity index (χ1) is 8.93. The minimum absolute atomic E-state index is 0.861. The molecule has 2 aromatic carbocycles. The van der Waals surface area contributed by atoms with Crippen LogP contribution in [0.25, 0.3) is 27.5 Å². The van der Waals surface area contributed by atoms with Gasteiger partial charge in [0.15, 0.2) is 11.0 Å². The third kappa shape index (κ3) is 1.21. The summed E-state index contributed by atoms with van der Waals surface area (Å²) in [5.74, 6) is 0. The fourth-order valence-electron chi connectivity index (χ4n) is 2.36. The molecular weight excluding hydrogens is 222 g/mol. The van der Waals surface area contributed by atoms with Crippen molar-refractivity contribution in [1.29, 1.82) is 0 Å². The van der Waals surface area contributed by atoms with E-state index in [4.69, 9.17) is 0 Å². The Morgan fingerprint density at radius 3 is 2.67 bits per heavy atom. The van der Waals surface area contributed by atoms with Crippen molar-refractivity contribution in [2.45, 2.75) is 0 Å². The second kappa shape index (κ2) is 3.47. The molecule has 0 bridgehead atoms. The lowest BCUT2D eigenvalue weighted by atomic mass is 10.1. The lowest BCUT2D eigenvalue weighted by Crippen LogP contribution is -2.24. The summed E-state index contributed by atoms with van der Waals surface area (Å²) in [4.78, 5) is 0. The number of benzene rings is 2. The number of rotatable bonds is 0. The maximum absolute atomic E-state index is 4.37. The molecule has 0 aliphatic carbocycles. The Kier molecular flexibility index (Phi) is 1.83. The Hall–Kier alpha value is -2.55. The fourth-order valence-corrected chi connectivity index (χ4v) is 2.36. The van der Waals surface area contributed by atoms with E-state index in [1.54, 1.807) is 0 Å². The second-order valence-corrected chi connectivity index (χ2v) is 4.28. The van der Waals surface area contributed by atoms with Crippen LogP contribution < -0.4 is 4.40 Å². The van der Waals surface area contributed by atoms with Crippen molar-refractivity contribution in [3.8, 4) is 0 Å². The van der Waals surface area contributed by atoms with Crippen LogP contribution >= 0.6 is 0 Å². The third-order valence-electron chi connectivity index (χ3n) is 3.23. The van der Waals surface area contributed by atoms with E-state index in [-0.39, 0.29) is 0 Å². The molecule has 0 N–H and O–H groups in total. The molecule has 18 heavy (non-hydrogen) atoms. The Morgan fingerprint density at radius 1 is 0.778 bits per heavy atom. The standard InChI is InChI=1S/C15H10N3/c1-2-6-12-11(5-1)8-9-13-15(12)17-16-14-7-3-4-10-18(13)14/h1-10H/q+1. The van der Waals surface area contributed by atoms with E-state index in [0.717, 1.165) is 22.1 Å². The highest BCUT2D eigenvalue weighted by Gasteiger charge is 2.11. The van der Waals surface area contributed by atoms with Crippen molar-refractivity contribution in [2.75, 3.05) is 0 Å². The van der Waals surface area contributed by atoms with Gasteiger partial charge >= 0.3 is 5.65 Å². The zero-order valence-corrected chi connectivity index (χ0v) is 9.62. The van der Waals surface area contributed by atoms with E-state index in [1.165, 1.54) is 5.39 Å². The van der Waals surface area contributed by atoms with Crippen LogP contribution in [0, 0.1) is 0 Å². The smallest absolute Gasteiger partial charge is 0.192 e. The van der Waals surface area contributed by atoms with Crippen LogP contribution in [0.3, 0.4) is 0 Å². The van der Waals surface area contributed by atoms with Gasteiger partial charge < -0.3 is 0 Å². The molecule has 2 heterocycles. The van der Waals surface area contributed by atoms with Crippen molar-refractivity contribution < 1.29 is 4.40 Å². The lowest BCUT2D eigenvalue weighted by Gasteiger charge is -2.00. The maximum atomic E-state index is 4.37. The molecule has 4 aromatic rings. The Morgan fingerprint density at radius 2 is 1.67 bits per heavy atom. The molecule has 0 radical (unpaired) electrons. The molecule has 0 amide bonds. The van der Waals surface area contributed by atoms with Gasteiger partial charge in [0.2, 0.25) is 0 Å². The van der Waals surface area contributed by atoms with E-state index in [2.05, 4.69) is 38.9 Å². The molecule has 3 nitrogen and oxygen atoms in total. The SMILES string of the molecule is c1ccc2c(c1)ccc1c2nnc2cccc[n+]21. The van der Waals surface area contributed by atoms with Gasteiger partial charge in [-0.1, -0.05) is 30.3 Å². The van der Waals surface area contributed by atoms with Crippen LogP contribution in [0.2, 0.25) is 0 Å². The third-order valence-corrected chi connectivity index (χ3v) is 3.23. The summed E-state index contributed by atoms with van der Waals surface area (Å²) in [7, 11) is 0. The second-order valence-electron chi connectivity index (χ2n) is 4.28. The highest BCUT2D eigenvalue weighted by Crippen LogP contribution is 2.20. The molecule has 0 saturated heterocycles. The van der Waals surface area contributed by atoms with E-state index in [0.29, 0.717) is 0 Å². The molecule has 0 unspecified atom stereocenters. The lowest BCUT2D eigenvalue weighted by molar-refractivity contribution is -0.485. The van der Waals surface area contributed by atoms with Crippen LogP contribution in [-0.2, 0) is 0 Å². The molecule has 84 valence electrons. The van der Waals surface area contributed by atoms with Crippen LogP contribution in [0.15, 0.2) is 60.8 Å². The van der Waals surface area contributed by atoms with Crippen LogP contribution in [0.5, 0.6) is 0 Å². The highest BCUT2D eigenvalue weighted by molar-refractivity contribution is 6.02. The molecule has 2 aromatic heterocycles. The first-order valence-corrected chi connectivity index (χ1v) is 5.88. The maximum Gasteiger partial charge on any atom is 0.355 e. The topological polar surface area (TPSA) is 29.9 Å². The van der Waals surface area contributed by atoms with Gasteiger partial charge in [-0.05, 0) is 28.7 Å². The summed E-state index contributed by atoms with van der Waals surface area (Å²) in [6.45, 7) is 0. The normalized spacial score (nSPS) is 11.3. The highest BCUT2D eigenvalue weighted by atomic mass is 15.2. The largest absolute Gasteiger partial charge is 0.355 e. The Labute approximate surface area is 103 Å². The van der Waals surface area contributed by atoms with Gasteiger partial charge in [-0.3, -0.25) is 0 Å². The van der Waals surface area contributed by atoms with Gasteiger partial charge in [0.1, 0.15) is 0 Å². The Bertz CT molecular complexity index is 809. The van der Waals surface area contributed by atoms with Crippen molar-refractivity contribution in [3.05, 3.63) is 60.8 Å². The first kappa shape index (κ1) is 9.48. The van der Waals surface area contributed by atoms with Crippen molar-refractivity contribution in [2.24, 2.45) is 0 Å². The molecule has 0 aliphatic rings. The monoisotopic (exact) mass is 232 g/mol. The van der Waals surface area contributed by atoms with Crippen LogP contribution in [0.1, 0.15) is 0 Å². The molecule has 0 spiro atoms. The van der Waals surface area contributed by atoms with E-state index in [9.17, 15) is 0 Å². The number of aromatic nitrogens is 3. The quantitative estimate of drug-likeness (QED) is 0.344. The molecule has 4 rings (SSSR count).